The van der Waals surface area contributed by atoms with Crippen molar-refractivity contribution < 1.29 is 19.4 Å². The van der Waals surface area contributed by atoms with Crippen LogP contribution in [0.1, 0.15) is 41.3 Å². The normalized spacial score (nSPS) is 13.6. The molecule has 1 fully saturated rings. The molecule has 0 atom stereocenters. The zero-order valence-electron chi connectivity index (χ0n) is 21.9. The maximum atomic E-state index is 13.1. The number of carboxylic acid groups (broad SMARTS) is 1. The van der Waals surface area contributed by atoms with Crippen molar-refractivity contribution in [2.45, 2.75) is 33.6 Å². The number of rotatable bonds is 10. The minimum Gasteiger partial charge on any atom is -0.477 e. The van der Waals surface area contributed by atoms with Crippen LogP contribution in [0.3, 0.4) is 0 Å². The molecule has 0 bridgehead atoms. The van der Waals surface area contributed by atoms with Crippen molar-refractivity contribution in [3.8, 4) is 16.5 Å². The number of hydrogen-bond donors (Lipinski definition) is 1. The highest BCUT2D eigenvalue weighted by molar-refractivity contribution is 7.08. The average Bonchev–Trinajstić information content (AvgIpc) is 3.36. The van der Waals surface area contributed by atoms with Crippen LogP contribution in [0.4, 0.5) is 5.82 Å². The molecule has 0 aromatic carbocycles. The summed E-state index contributed by atoms with van der Waals surface area (Å²) in [7, 11) is 0. The summed E-state index contributed by atoms with van der Waals surface area (Å²) >= 11 is 1.07. The number of fused-ring (bicyclic) bond motifs is 1. The second-order valence-corrected chi connectivity index (χ2v) is 10.3. The second kappa shape index (κ2) is 11.0. The molecule has 1 N–H and O–H groups in total. The van der Waals surface area contributed by atoms with Gasteiger partial charge in [-0.05, 0) is 50.5 Å². The number of hydrogen-bond acceptors (Lipinski definition) is 10. The van der Waals surface area contributed by atoms with Crippen LogP contribution in [-0.2, 0) is 9.53 Å². The molecule has 4 aromatic heterocycles. The Morgan fingerprint density at radius 1 is 1.18 bits per heavy atom. The average molecular weight is 549 g/mol. The summed E-state index contributed by atoms with van der Waals surface area (Å²) in [6, 6.07) is 3.67. The van der Waals surface area contributed by atoms with E-state index in [4.69, 9.17) is 9.72 Å². The van der Waals surface area contributed by atoms with Crippen LogP contribution in [0.5, 0.6) is 0 Å². The fourth-order valence-electron chi connectivity index (χ4n) is 4.61. The van der Waals surface area contributed by atoms with Gasteiger partial charge in [-0.3, -0.25) is 19.1 Å². The molecule has 4 aromatic rings. The largest absolute Gasteiger partial charge is 0.477 e. The maximum Gasteiger partial charge on any atom is 0.341 e. The highest BCUT2D eigenvalue weighted by Crippen LogP contribution is 2.30. The quantitative estimate of drug-likeness (QED) is 0.293. The highest BCUT2D eigenvalue weighted by Gasteiger charge is 2.33. The van der Waals surface area contributed by atoms with Crippen molar-refractivity contribution in [1.29, 1.82) is 0 Å². The number of Topliss-reactive ketones (excluding diaryl/α,β-unsaturated/α-hetero) is 1. The van der Waals surface area contributed by atoms with Gasteiger partial charge in [-0.2, -0.15) is 9.36 Å². The van der Waals surface area contributed by atoms with Crippen molar-refractivity contribution in [2.75, 3.05) is 31.2 Å². The van der Waals surface area contributed by atoms with Crippen LogP contribution in [0.15, 0.2) is 35.5 Å². The molecule has 5 heterocycles. The smallest absolute Gasteiger partial charge is 0.341 e. The van der Waals surface area contributed by atoms with Crippen LogP contribution < -0.4 is 10.3 Å². The lowest BCUT2D eigenvalue weighted by molar-refractivity contribution is -0.123. The third kappa shape index (κ3) is 5.30. The Bertz CT molecular complexity index is 1620. The third-order valence-electron chi connectivity index (χ3n) is 6.70. The van der Waals surface area contributed by atoms with E-state index in [2.05, 4.69) is 14.3 Å². The molecule has 39 heavy (non-hydrogen) atoms. The number of anilines is 1. The highest BCUT2D eigenvalue weighted by atomic mass is 32.1. The molecule has 0 spiro atoms. The van der Waals surface area contributed by atoms with Gasteiger partial charge in [-0.1, -0.05) is 0 Å². The van der Waals surface area contributed by atoms with Crippen LogP contribution >= 0.6 is 11.5 Å². The number of carbonyl (C=O) groups excluding carboxylic acids is 1. The van der Waals surface area contributed by atoms with Crippen molar-refractivity contribution in [3.63, 3.8) is 0 Å². The molecule has 0 unspecified atom stereocenters. The molecule has 0 saturated carbocycles. The molecule has 202 valence electrons. The lowest BCUT2D eigenvalue weighted by atomic mass is 9.92. The predicted octanol–water partition coefficient (Wildman–Crippen LogP) is 3.44. The number of aromatic nitrogens is 5. The fraction of sp³-hybridized carbons (Fsp3) is 0.370. The van der Waals surface area contributed by atoms with Gasteiger partial charge in [0.15, 0.2) is 11.5 Å². The van der Waals surface area contributed by atoms with E-state index in [9.17, 15) is 19.5 Å². The van der Waals surface area contributed by atoms with E-state index in [0.717, 1.165) is 22.7 Å². The Kier molecular flexibility index (Phi) is 7.49. The van der Waals surface area contributed by atoms with Crippen LogP contribution in [-0.4, -0.2) is 67.1 Å². The first-order chi connectivity index (χ1) is 18.8. The summed E-state index contributed by atoms with van der Waals surface area (Å²) < 4.78 is 11.3. The van der Waals surface area contributed by atoms with Crippen molar-refractivity contribution in [3.05, 3.63) is 57.6 Å². The number of ether oxygens (including phenoxy) is 1. The van der Waals surface area contributed by atoms with Gasteiger partial charge in [0.1, 0.15) is 17.2 Å². The number of pyridine rings is 3. The molecule has 5 rings (SSSR count). The van der Waals surface area contributed by atoms with Crippen molar-refractivity contribution >= 4 is 40.1 Å². The number of ketones is 1. The van der Waals surface area contributed by atoms with Crippen LogP contribution in [0.25, 0.3) is 27.6 Å². The molecule has 1 aliphatic heterocycles. The minimum atomic E-state index is -1.33. The van der Waals surface area contributed by atoms with Gasteiger partial charge in [-0.15, -0.1) is 0 Å². The molecule has 1 aliphatic rings. The fourth-order valence-corrected chi connectivity index (χ4v) is 5.28. The standard InChI is InChI=1S/C27H28N6O5S/c1-4-38-7-5-6-20(34)18-12-32(13-18)21-9-16(3)22-23(35)19(26(36)37)14-33(25(22)29-21)27-30-24(31-39-27)17-8-15(2)10-28-11-17/h8-11,14,18H,4-7,12-13H2,1-3H3,(H,36,37). The Hall–Kier alpha value is -4.03. The summed E-state index contributed by atoms with van der Waals surface area (Å²) in [5.41, 5.74) is 1.57. The Balaban J connectivity index is 1.50. The zero-order chi connectivity index (χ0) is 27.7. The van der Waals surface area contributed by atoms with Gasteiger partial charge < -0.3 is 14.7 Å². The first-order valence-electron chi connectivity index (χ1n) is 12.7. The zero-order valence-corrected chi connectivity index (χ0v) is 22.7. The molecule has 1 saturated heterocycles. The number of carboxylic acids is 1. The lowest BCUT2D eigenvalue weighted by Crippen LogP contribution is -2.51. The Morgan fingerprint density at radius 2 is 1.97 bits per heavy atom. The molecule has 0 aliphatic carbocycles. The van der Waals surface area contributed by atoms with E-state index in [-0.39, 0.29) is 28.3 Å². The topological polar surface area (TPSA) is 140 Å². The van der Waals surface area contributed by atoms with Gasteiger partial charge in [-0.25, -0.2) is 9.78 Å². The summed E-state index contributed by atoms with van der Waals surface area (Å²) in [4.78, 5) is 53.2. The van der Waals surface area contributed by atoms with E-state index in [0.29, 0.717) is 61.5 Å². The van der Waals surface area contributed by atoms with Crippen molar-refractivity contribution in [1.82, 2.24) is 23.9 Å². The third-order valence-corrected chi connectivity index (χ3v) is 7.42. The number of aryl methyl sites for hydroxylation is 2. The number of aromatic carboxylic acids is 1. The van der Waals surface area contributed by atoms with Gasteiger partial charge in [0, 0.05) is 68.4 Å². The van der Waals surface area contributed by atoms with E-state index < -0.39 is 11.4 Å². The van der Waals surface area contributed by atoms with Crippen LogP contribution in [0, 0.1) is 19.8 Å². The molecule has 11 nitrogen and oxygen atoms in total. The van der Waals surface area contributed by atoms with Gasteiger partial charge in [0.05, 0.1) is 11.3 Å². The minimum absolute atomic E-state index is 0.0744. The molecular weight excluding hydrogens is 520 g/mol. The van der Waals surface area contributed by atoms with E-state index in [1.54, 1.807) is 25.4 Å². The van der Waals surface area contributed by atoms with Gasteiger partial charge in [0.2, 0.25) is 10.6 Å². The van der Waals surface area contributed by atoms with Gasteiger partial charge in [0.25, 0.3) is 0 Å². The Morgan fingerprint density at radius 3 is 2.69 bits per heavy atom. The van der Waals surface area contributed by atoms with Gasteiger partial charge >= 0.3 is 5.97 Å². The summed E-state index contributed by atoms with van der Waals surface area (Å²) in [6.07, 6.45) is 5.83. The summed E-state index contributed by atoms with van der Waals surface area (Å²) in [5.74, 6) is -0.146. The molecule has 0 radical (unpaired) electrons. The number of carbonyl (C=O) groups is 2. The first kappa shape index (κ1) is 26.6. The lowest BCUT2D eigenvalue weighted by Gasteiger charge is -2.39. The molecule has 12 heteroatoms. The SMILES string of the molecule is CCOCCCC(=O)C1CN(c2cc(C)c3c(=O)c(C(=O)O)cn(-c4nc(-c5cncc(C)c5)ns4)c3n2)C1. The predicted molar refractivity (Wildman–Crippen MR) is 147 cm³/mol. The van der Waals surface area contributed by atoms with Crippen LogP contribution in [0.2, 0.25) is 0 Å². The molecular formula is C27H28N6O5S. The van der Waals surface area contributed by atoms with Crippen molar-refractivity contribution in [2.24, 2.45) is 5.92 Å². The molecule has 0 amide bonds. The Labute approximate surface area is 228 Å². The summed E-state index contributed by atoms with van der Waals surface area (Å²) in [6.45, 7) is 7.88. The summed E-state index contributed by atoms with van der Waals surface area (Å²) in [5, 5.41) is 10.3. The van der Waals surface area contributed by atoms with E-state index >= 15 is 0 Å². The monoisotopic (exact) mass is 548 g/mol. The first-order valence-corrected chi connectivity index (χ1v) is 13.5. The number of nitrogens with zero attached hydrogens (tertiary/aromatic N) is 6. The van der Waals surface area contributed by atoms with E-state index in [1.165, 1.54) is 10.8 Å². The second-order valence-electron chi connectivity index (χ2n) is 9.56. The maximum absolute atomic E-state index is 13.1. The van der Waals surface area contributed by atoms with E-state index in [1.807, 2.05) is 24.8 Å².